The maximum atomic E-state index is 11.4. The van der Waals surface area contributed by atoms with E-state index in [0.29, 0.717) is 17.0 Å². The van der Waals surface area contributed by atoms with E-state index in [1.807, 2.05) is 24.3 Å². The van der Waals surface area contributed by atoms with E-state index in [1.165, 1.54) is 18.9 Å². The zero-order valence-corrected chi connectivity index (χ0v) is 11.3. The summed E-state index contributed by atoms with van der Waals surface area (Å²) in [5.41, 5.74) is 8.07. The van der Waals surface area contributed by atoms with Crippen molar-refractivity contribution >= 4 is 23.4 Å². The van der Waals surface area contributed by atoms with Crippen LogP contribution < -0.4 is 5.73 Å². The number of carbonyl (C=O) groups is 1. The molecule has 0 radical (unpaired) electrons. The SMILES string of the molecule is COC(=O)c1cccc(CSc2ncccc2N)c1. The minimum absolute atomic E-state index is 0.329. The number of pyridine rings is 1. The Bertz CT molecular complexity index is 587. The van der Waals surface area contributed by atoms with Crippen molar-refractivity contribution in [2.45, 2.75) is 10.8 Å². The maximum Gasteiger partial charge on any atom is 0.337 e. The lowest BCUT2D eigenvalue weighted by Gasteiger charge is -2.05. The average molecular weight is 274 g/mol. The molecule has 1 aromatic heterocycles. The van der Waals surface area contributed by atoms with Gasteiger partial charge in [0.15, 0.2) is 0 Å². The van der Waals surface area contributed by atoms with Crippen LogP contribution in [0.3, 0.4) is 0 Å². The molecule has 0 atom stereocenters. The van der Waals surface area contributed by atoms with Gasteiger partial charge in [-0.3, -0.25) is 0 Å². The van der Waals surface area contributed by atoms with E-state index in [9.17, 15) is 4.79 Å². The van der Waals surface area contributed by atoms with Crippen LogP contribution in [0, 0.1) is 0 Å². The van der Waals surface area contributed by atoms with Gasteiger partial charge in [-0.25, -0.2) is 9.78 Å². The molecule has 0 aliphatic rings. The predicted molar refractivity (Wildman–Crippen MR) is 76.0 cm³/mol. The molecule has 19 heavy (non-hydrogen) atoms. The van der Waals surface area contributed by atoms with Gasteiger partial charge in [0.05, 0.1) is 18.4 Å². The van der Waals surface area contributed by atoms with Crippen molar-refractivity contribution in [3.05, 3.63) is 53.7 Å². The molecule has 0 fully saturated rings. The summed E-state index contributed by atoms with van der Waals surface area (Å²) >= 11 is 1.54. The lowest BCUT2D eigenvalue weighted by atomic mass is 10.1. The molecule has 1 aromatic carbocycles. The molecule has 0 spiro atoms. The first kappa shape index (κ1) is 13.4. The first-order chi connectivity index (χ1) is 9.20. The zero-order chi connectivity index (χ0) is 13.7. The van der Waals surface area contributed by atoms with Crippen molar-refractivity contribution in [3.63, 3.8) is 0 Å². The second-order valence-corrected chi connectivity index (χ2v) is 4.84. The van der Waals surface area contributed by atoms with Crippen LogP contribution >= 0.6 is 11.8 Å². The highest BCUT2D eigenvalue weighted by atomic mass is 32.2. The molecule has 2 rings (SSSR count). The number of ether oxygens (including phenoxy) is 1. The largest absolute Gasteiger partial charge is 0.465 e. The Morgan fingerprint density at radius 2 is 2.21 bits per heavy atom. The fraction of sp³-hybridized carbons (Fsp3) is 0.143. The fourth-order valence-electron chi connectivity index (χ4n) is 1.58. The van der Waals surface area contributed by atoms with E-state index in [2.05, 4.69) is 4.98 Å². The number of nitrogens with zero attached hydrogens (tertiary/aromatic N) is 1. The van der Waals surface area contributed by atoms with Crippen LogP contribution in [-0.4, -0.2) is 18.1 Å². The molecule has 5 heteroatoms. The number of carbonyl (C=O) groups excluding carboxylic acids is 1. The van der Waals surface area contributed by atoms with Gasteiger partial charge in [-0.1, -0.05) is 23.9 Å². The zero-order valence-electron chi connectivity index (χ0n) is 10.5. The topological polar surface area (TPSA) is 65.2 Å². The number of thioether (sulfide) groups is 1. The van der Waals surface area contributed by atoms with Gasteiger partial charge >= 0.3 is 5.97 Å². The Morgan fingerprint density at radius 3 is 2.95 bits per heavy atom. The number of hydrogen-bond donors (Lipinski definition) is 1. The minimum Gasteiger partial charge on any atom is -0.465 e. The van der Waals surface area contributed by atoms with Crippen molar-refractivity contribution in [2.24, 2.45) is 0 Å². The summed E-state index contributed by atoms with van der Waals surface area (Å²) in [6.45, 7) is 0. The van der Waals surface area contributed by atoms with Crippen LogP contribution in [-0.2, 0) is 10.5 Å². The van der Waals surface area contributed by atoms with E-state index < -0.39 is 0 Å². The van der Waals surface area contributed by atoms with E-state index in [-0.39, 0.29) is 5.97 Å². The lowest BCUT2D eigenvalue weighted by Crippen LogP contribution is -2.01. The van der Waals surface area contributed by atoms with Crippen molar-refractivity contribution in [1.82, 2.24) is 4.98 Å². The highest BCUT2D eigenvalue weighted by Gasteiger charge is 2.06. The van der Waals surface area contributed by atoms with Crippen LogP contribution in [0.1, 0.15) is 15.9 Å². The number of methoxy groups -OCH3 is 1. The summed E-state index contributed by atoms with van der Waals surface area (Å²) in [4.78, 5) is 15.6. The Balaban J connectivity index is 2.08. The Hall–Kier alpha value is -2.01. The molecule has 1 heterocycles. The van der Waals surface area contributed by atoms with Crippen LogP contribution in [0.25, 0.3) is 0 Å². The lowest BCUT2D eigenvalue weighted by molar-refractivity contribution is 0.0600. The summed E-state index contributed by atoms with van der Waals surface area (Å²) in [6.07, 6.45) is 1.71. The molecule has 0 unspecified atom stereocenters. The number of nitrogen functional groups attached to an aromatic ring is 1. The quantitative estimate of drug-likeness (QED) is 0.686. The average Bonchev–Trinajstić information content (AvgIpc) is 2.46. The van der Waals surface area contributed by atoms with Crippen molar-refractivity contribution in [3.8, 4) is 0 Å². The van der Waals surface area contributed by atoms with Crippen molar-refractivity contribution < 1.29 is 9.53 Å². The van der Waals surface area contributed by atoms with Crippen molar-refractivity contribution in [2.75, 3.05) is 12.8 Å². The molecule has 0 amide bonds. The van der Waals surface area contributed by atoms with Gasteiger partial charge in [0, 0.05) is 11.9 Å². The molecular formula is C14H14N2O2S. The Labute approximate surface area is 116 Å². The summed E-state index contributed by atoms with van der Waals surface area (Å²) in [5.74, 6) is 0.371. The van der Waals surface area contributed by atoms with Gasteiger partial charge in [0.2, 0.25) is 0 Å². The number of aromatic nitrogens is 1. The van der Waals surface area contributed by atoms with E-state index in [0.717, 1.165) is 10.6 Å². The van der Waals surface area contributed by atoms with Crippen molar-refractivity contribution in [1.29, 1.82) is 0 Å². The Morgan fingerprint density at radius 1 is 1.37 bits per heavy atom. The number of rotatable bonds is 4. The van der Waals surface area contributed by atoms with Gasteiger partial charge in [0.25, 0.3) is 0 Å². The third kappa shape index (κ3) is 3.48. The molecule has 4 nitrogen and oxygen atoms in total. The number of anilines is 1. The molecule has 0 aliphatic carbocycles. The molecular weight excluding hydrogens is 260 g/mol. The monoisotopic (exact) mass is 274 g/mol. The van der Waals surface area contributed by atoms with Crippen LogP contribution in [0.2, 0.25) is 0 Å². The molecule has 2 N–H and O–H groups in total. The Kier molecular flexibility index (Phi) is 4.41. The summed E-state index contributed by atoms with van der Waals surface area (Å²) in [5, 5.41) is 0.797. The molecule has 0 saturated carbocycles. The molecule has 98 valence electrons. The third-order valence-electron chi connectivity index (χ3n) is 2.52. The molecule has 0 saturated heterocycles. The van der Waals surface area contributed by atoms with Crippen LogP contribution in [0.5, 0.6) is 0 Å². The van der Waals surface area contributed by atoms with Crippen LogP contribution in [0.15, 0.2) is 47.6 Å². The van der Waals surface area contributed by atoms with Gasteiger partial charge in [0.1, 0.15) is 5.03 Å². The molecule has 0 aliphatic heterocycles. The predicted octanol–water partition coefficient (Wildman–Crippen LogP) is 2.74. The minimum atomic E-state index is -0.329. The highest BCUT2D eigenvalue weighted by Crippen LogP contribution is 2.25. The van der Waals surface area contributed by atoms with Gasteiger partial charge in [-0.2, -0.15) is 0 Å². The third-order valence-corrected chi connectivity index (χ3v) is 3.62. The second-order valence-electron chi connectivity index (χ2n) is 3.88. The number of esters is 1. The van der Waals surface area contributed by atoms with Gasteiger partial charge in [-0.05, 0) is 29.8 Å². The van der Waals surface area contributed by atoms with E-state index in [4.69, 9.17) is 10.5 Å². The van der Waals surface area contributed by atoms with E-state index >= 15 is 0 Å². The maximum absolute atomic E-state index is 11.4. The molecule has 0 bridgehead atoms. The van der Waals surface area contributed by atoms with E-state index in [1.54, 1.807) is 18.3 Å². The number of benzene rings is 1. The molecule has 2 aromatic rings. The summed E-state index contributed by atoms with van der Waals surface area (Å²) < 4.78 is 4.70. The second kappa shape index (κ2) is 6.24. The first-order valence-corrected chi connectivity index (χ1v) is 6.70. The normalized spacial score (nSPS) is 10.2. The first-order valence-electron chi connectivity index (χ1n) is 5.71. The smallest absolute Gasteiger partial charge is 0.337 e. The standard InChI is InChI=1S/C14H14N2O2S/c1-18-14(17)11-5-2-4-10(8-11)9-19-13-12(15)6-3-7-16-13/h2-8H,9,15H2,1H3. The summed E-state index contributed by atoms with van der Waals surface area (Å²) in [6, 6.07) is 11.0. The van der Waals surface area contributed by atoms with Crippen LogP contribution in [0.4, 0.5) is 5.69 Å². The fourth-order valence-corrected chi connectivity index (χ4v) is 2.43. The number of nitrogens with two attached hydrogens (primary N) is 1. The number of hydrogen-bond acceptors (Lipinski definition) is 5. The van der Waals surface area contributed by atoms with Gasteiger partial charge in [-0.15, -0.1) is 0 Å². The highest BCUT2D eigenvalue weighted by molar-refractivity contribution is 7.98. The summed E-state index contributed by atoms with van der Waals surface area (Å²) in [7, 11) is 1.37. The van der Waals surface area contributed by atoms with Gasteiger partial charge < -0.3 is 10.5 Å².